The molecule has 4 heteroatoms. The minimum atomic E-state index is -0.544. The molecule has 0 aliphatic heterocycles. The highest BCUT2D eigenvalue weighted by Gasteiger charge is 2.04. The molecule has 0 saturated carbocycles. The molecule has 4 nitrogen and oxygen atoms in total. The van der Waals surface area contributed by atoms with Gasteiger partial charge >= 0.3 is 5.91 Å². The van der Waals surface area contributed by atoms with Crippen LogP contribution in [-0.2, 0) is 4.79 Å². The molecule has 1 heterocycles. The third-order valence-corrected chi connectivity index (χ3v) is 1.35. The molecule has 0 spiro atoms. The van der Waals surface area contributed by atoms with E-state index in [-0.39, 0.29) is 0 Å². The molecule has 66 valence electrons. The van der Waals surface area contributed by atoms with E-state index in [0.29, 0.717) is 11.6 Å². The van der Waals surface area contributed by atoms with Crippen molar-refractivity contribution in [2.75, 3.05) is 12.4 Å². The summed E-state index contributed by atoms with van der Waals surface area (Å²) in [7, 11) is 1.49. The number of anilines is 1. The van der Waals surface area contributed by atoms with Gasteiger partial charge in [0.15, 0.2) is 11.6 Å². The summed E-state index contributed by atoms with van der Waals surface area (Å²) in [6.07, 6.45) is 6.42. The second-order valence-electron chi connectivity index (χ2n) is 2.15. The minimum absolute atomic E-state index is 0.327. The number of ether oxygens (including phenoxy) is 1. The van der Waals surface area contributed by atoms with Crippen LogP contribution in [0, 0.1) is 12.3 Å². The van der Waals surface area contributed by atoms with E-state index in [0.717, 1.165) is 0 Å². The van der Waals surface area contributed by atoms with Crippen LogP contribution >= 0.6 is 0 Å². The van der Waals surface area contributed by atoms with Gasteiger partial charge in [0.25, 0.3) is 0 Å². The quantitative estimate of drug-likeness (QED) is 0.673. The fourth-order valence-corrected chi connectivity index (χ4v) is 0.793. The number of carbonyl (C=O) groups is 1. The predicted octanol–water partition coefficient (Wildman–Crippen LogP) is 0.662. The van der Waals surface area contributed by atoms with Crippen LogP contribution in [0.5, 0.6) is 5.75 Å². The Kier molecular flexibility index (Phi) is 2.87. The van der Waals surface area contributed by atoms with E-state index in [2.05, 4.69) is 10.3 Å². The molecular weight excluding hydrogens is 168 g/mol. The molecular formula is C9H8N2O2. The van der Waals surface area contributed by atoms with Crippen LogP contribution in [-0.4, -0.2) is 18.0 Å². The number of terminal acetylenes is 1. The first kappa shape index (κ1) is 9.07. The average Bonchev–Trinajstić information content (AvgIpc) is 2.18. The van der Waals surface area contributed by atoms with Crippen molar-refractivity contribution in [1.82, 2.24) is 4.98 Å². The molecule has 0 fully saturated rings. The lowest BCUT2D eigenvalue weighted by molar-refractivity contribution is -0.111. The second kappa shape index (κ2) is 4.12. The predicted molar refractivity (Wildman–Crippen MR) is 48.3 cm³/mol. The Morgan fingerprint density at radius 2 is 2.54 bits per heavy atom. The van der Waals surface area contributed by atoms with E-state index >= 15 is 0 Å². The van der Waals surface area contributed by atoms with Crippen molar-refractivity contribution >= 4 is 11.7 Å². The number of hydrogen-bond acceptors (Lipinski definition) is 3. The van der Waals surface area contributed by atoms with Gasteiger partial charge in [-0.1, -0.05) is 0 Å². The van der Waals surface area contributed by atoms with E-state index in [1.165, 1.54) is 13.3 Å². The number of carbonyl (C=O) groups excluding carboxylic acids is 1. The van der Waals surface area contributed by atoms with Crippen molar-refractivity contribution < 1.29 is 9.53 Å². The normalized spacial score (nSPS) is 8.62. The second-order valence-corrected chi connectivity index (χ2v) is 2.15. The molecule has 0 atom stereocenters. The lowest BCUT2D eigenvalue weighted by atomic mass is 10.4. The summed E-state index contributed by atoms with van der Waals surface area (Å²) in [5.41, 5.74) is 0. The Bertz CT molecular complexity index is 355. The van der Waals surface area contributed by atoms with Crippen LogP contribution in [0.2, 0.25) is 0 Å². The largest absolute Gasteiger partial charge is 0.493 e. The topological polar surface area (TPSA) is 51.2 Å². The first-order chi connectivity index (χ1) is 6.27. The van der Waals surface area contributed by atoms with Crippen molar-refractivity contribution in [3.05, 3.63) is 18.3 Å². The van der Waals surface area contributed by atoms with Gasteiger partial charge in [-0.3, -0.25) is 10.1 Å². The summed E-state index contributed by atoms with van der Waals surface area (Å²) < 4.78 is 4.94. The van der Waals surface area contributed by atoms with Gasteiger partial charge in [0.2, 0.25) is 0 Å². The standard InChI is InChI=1S/C9H8N2O2/c1-3-8(12)11-9-7(13-2)5-4-6-10-9/h1,4-6H,2H3,(H,10,11,12). The van der Waals surface area contributed by atoms with Crippen molar-refractivity contribution in [2.45, 2.75) is 0 Å². The number of nitrogens with one attached hydrogen (secondary N) is 1. The lowest BCUT2D eigenvalue weighted by Crippen LogP contribution is -2.10. The maximum absolute atomic E-state index is 10.8. The minimum Gasteiger partial charge on any atom is -0.493 e. The van der Waals surface area contributed by atoms with Gasteiger partial charge in [0.1, 0.15) is 0 Å². The highest BCUT2D eigenvalue weighted by atomic mass is 16.5. The van der Waals surface area contributed by atoms with Gasteiger partial charge in [0, 0.05) is 6.20 Å². The molecule has 0 radical (unpaired) electrons. The summed E-state index contributed by atoms with van der Waals surface area (Å²) in [5.74, 6) is 2.18. The van der Waals surface area contributed by atoms with Gasteiger partial charge in [-0.15, -0.1) is 6.42 Å². The molecule has 13 heavy (non-hydrogen) atoms. The number of methoxy groups -OCH3 is 1. The van der Waals surface area contributed by atoms with Gasteiger partial charge in [-0.2, -0.15) is 0 Å². The third-order valence-electron chi connectivity index (χ3n) is 1.35. The fourth-order valence-electron chi connectivity index (χ4n) is 0.793. The van der Waals surface area contributed by atoms with Gasteiger partial charge in [-0.05, 0) is 18.1 Å². The van der Waals surface area contributed by atoms with E-state index in [4.69, 9.17) is 11.2 Å². The number of nitrogens with zero attached hydrogens (tertiary/aromatic N) is 1. The zero-order valence-corrected chi connectivity index (χ0v) is 7.07. The third kappa shape index (κ3) is 2.20. The van der Waals surface area contributed by atoms with Crippen LogP contribution in [0.15, 0.2) is 18.3 Å². The van der Waals surface area contributed by atoms with E-state index in [1.807, 2.05) is 5.92 Å². The molecule has 1 amide bonds. The SMILES string of the molecule is C#CC(=O)Nc1ncccc1OC. The van der Waals surface area contributed by atoms with E-state index in [1.54, 1.807) is 12.1 Å². The maximum atomic E-state index is 10.8. The van der Waals surface area contributed by atoms with Crippen LogP contribution in [0.1, 0.15) is 0 Å². The first-order valence-electron chi connectivity index (χ1n) is 3.54. The zero-order chi connectivity index (χ0) is 9.68. The molecule has 1 aromatic heterocycles. The van der Waals surface area contributed by atoms with Gasteiger partial charge in [0.05, 0.1) is 7.11 Å². The zero-order valence-electron chi connectivity index (χ0n) is 7.07. The molecule has 0 bridgehead atoms. The maximum Gasteiger partial charge on any atom is 0.301 e. The first-order valence-corrected chi connectivity index (χ1v) is 3.54. The monoisotopic (exact) mass is 176 g/mol. The average molecular weight is 176 g/mol. The molecule has 1 N–H and O–H groups in total. The van der Waals surface area contributed by atoms with Crippen molar-refractivity contribution in [3.8, 4) is 18.1 Å². The highest BCUT2D eigenvalue weighted by Crippen LogP contribution is 2.19. The Hall–Kier alpha value is -2.02. The summed E-state index contributed by atoms with van der Waals surface area (Å²) in [4.78, 5) is 14.7. The van der Waals surface area contributed by atoms with Crippen LogP contribution in [0.25, 0.3) is 0 Å². The number of pyridine rings is 1. The number of rotatable bonds is 2. The van der Waals surface area contributed by atoms with Crippen LogP contribution in [0.4, 0.5) is 5.82 Å². The summed E-state index contributed by atoms with van der Waals surface area (Å²) >= 11 is 0. The van der Waals surface area contributed by atoms with Crippen molar-refractivity contribution in [1.29, 1.82) is 0 Å². The Balaban J connectivity index is 2.88. The molecule has 0 saturated heterocycles. The molecule has 1 aromatic rings. The summed E-state index contributed by atoms with van der Waals surface area (Å²) in [5, 5.41) is 2.40. The van der Waals surface area contributed by atoms with Crippen molar-refractivity contribution in [2.24, 2.45) is 0 Å². The lowest BCUT2D eigenvalue weighted by Gasteiger charge is -2.05. The molecule has 0 aliphatic rings. The van der Waals surface area contributed by atoms with E-state index < -0.39 is 5.91 Å². The molecule has 0 aromatic carbocycles. The fraction of sp³-hybridized carbons (Fsp3) is 0.111. The molecule has 0 aliphatic carbocycles. The highest BCUT2D eigenvalue weighted by molar-refractivity contribution is 6.03. The van der Waals surface area contributed by atoms with Crippen LogP contribution in [0.3, 0.4) is 0 Å². The Morgan fingerprint density at radius 1 is 1.77 bits per heavy atom. The summed E-state index contributed by atoms with van der Waals surface area (Å²) in [6.45, 7) is 0. The van der Waals surface area contributed by atoms with Crippen molar-refractivity contribution in [3.63, 3.8) is 0 Å². The number of aromatic nitrogens is 1. The van der Waals surface area contributed by atoms with Gasteiger partial charge in [-0.25, -0.2) is 4.98 Å². The Morgan fingerprint density at radius 3 is 3.15 bits per heavy atom. The Labute approximate surface area is 75.9 Å². The summed E-state index contributed by atoms with van der Waals surface area (Å²) in [6, 6.07) is 3.38. The number of amides is 1. The van der Waals surface area contributed by atoms with E-state index in [9.17, 15) is 4.79 Å². The molecule has 1 rings (SSSR count). The van der Waals surface area contributed by atoms with Crippen LogP contribution < -0.4 is 10.1 Å². The number of hydrogen-bond donors (Lipinski definition) is 1. The smallest absolute Gasteiger partial charge is 0.301 e. The molecule has 0 unspecified atom stereocenters. The van der Waals surface area contributed by atoms with Gasteiger partial charge < -0.3 is 4.74 Å².